The highest BCUT2D eigenvalue weighted by molar-refractivity contribution is 9.09. The second kappa shape index (κ2) is 8.27. The van der Waals surface area contributed by atoms with Crippen molar-refractivity contribution in [2.75, 3.05) is 12.4 Å². The van der Waals surface area contributed by atoms with Crippen molar-refractivity contribution >= 4 is 37.7 Å². The first-order valence-corrected chi connectivity index (χ1v) is 10.4. The average molecular weight is 402 g/mol. The zero-order valence-electron chi connectivity index (χ0n) is 15.6. The van der Waals surface area contributed by atoms with Crippen molar-refractivity contribution < 1.29 is 4.74 Å². The van der Waals surface area contributed by atoms with Crippen LogP contribution in [0, 0.1) is 13.8 Å². The standard InChI is InChI=1S/C22H28BrNO/c1-16-9-10-17(2)22-21(16)19-15-18(25-3)11-12-20(19)24(22)14-8-6-4-5-7-13-23/h9-12,15H,4-8,13-14H2,1-3H3. The Labute approximate surface area is 159 Å². The van der Waals surface area contributed by atoms with Gasteiger partial charge in [0.15, 0.2) is 0 Å². The smallest absolute Gasteiger partial charge is 0.119 e. The largest absolute Gasteiger partial charge is 0.497 e. The number of fused-ring (bicyclic) bond motifs is 3. The Kier molecular flexibility index (Phi) is 6.06. The number of hydrogen-bond acceptors (Lipinski definition) is 1. The molecule has 1 aromatic heterocycles. The molecule has 0 aliphatic rings. The number of unbranched alkanes of at least 4 members (excludes halogenated alkanes) is 4. The van der Waals surface area contributed by atoms with E-state index in [1.165, 1.54) is 65.0 Å². The molecule has 3 aromatic rings. The molecular weight excluding hydrogens is 374 g/mol. The van der Waals surface area contributed by atoms with Gasteiger partial charge in [0, 0.05) is 28.2 Å². The van der Waals surface area contributed by atoms with Gasteiger partial charge in [0.1, 0.15) is 5.75 Å². The minimum Gasteiger partial charge on any atom is -0.497 e. The van der Waals surface area contributed by atoms with Gasteiger partial charge >= 0.3 is 0 Å². The summed E-state index contributed by atoms with van der Waals surface area (Å²) < 4.78 is 8.00. The molecule has 0 aliphatic carbocycles. The van der Waals surface area contributed by atoms with Gasteiger partial charge in [-0.1, -0.05) is 47.3 Å². The first-order chi connectivity index (χ1) is 12.2. The number of aromatic nitrogens is 1. The maximum atomic E-state index is 5.47. The van der Waals surface area contributed by atoms with E-state index < -0.39 is 0 Å². The van der Waals surface area contributed by atoms with Crippen LogP contribution in [0.5, 0.6) is 5.75 Å². The number of benzene rings is 2. The molecule has 2 aromatic carbocycles. The minimum absolute atomic E-state index is 0.933. The summed E-state index contributed by atoms with van der Waals surface area (Å²) >= 11 is 3.52. The molecule has 1 heterocycles. The van der Waals surface area contributed by atoms with Crippen molar-refractivity contribution in [2.24, 2.45) is 0 Å². The summed E-state index contributed by atoms with van der Waals surface area (Å²) in [6.07, 6.45) is 6.48. The SMILES string of the molecule is COc1ccc2c(c1)c1c(C)ccc(C)c1n2CCCCCCCBr. The molecule has 0 N–H and O–H groups in total. The molecule has 3 heteroatoms. The molecule has 0 aliphatic heterocycles. The Bertz CT molecular complexity index is 865. The summed E-state index contributed by atoms with van der Waals surface area (Å²) in [5.41, 5.74) is 5.42. The van der Waals surface area contributed by atoms with Gasteiger partial charge < -0.3 is 9.30 Å². The maximum Gasteiger partial charge on any atom is 0.119 e. The fraction of sp³-hybridized carbons (Fsp3) is 0.455. The predicted molar refractivity (Wildman–Crippen MR) is 112 cm³/mol. The van der Waals surface area contributed by atoms with Gasteiger partial charge in [-0.3, -0.25) is 0 Å². The highest BCUT2D eigenvalue weighted by atomic mass is 79.9. The van der Waals surface area contributed by atoms with Gasteiger partial charge in [-0.25, -0.2) is 0 Å². The molecule has 0 radical (unpaired) electrons. The Morgan fingerprint density at radius 1 is 0.920 bits per heavy atom. The summed E-state index contributed by atoms with van der Waals surface area (Å²) in [5, 5.41) is 3.82. The lowest BCUT2D eigenvalue weighted by Gasteiger charge is -2.10. The zero-order chi connectivity index (χ0) is 17.8. The maximum absolute atomic E-state index is 5.47. The van der Waals surface area contributed by atoms with E-state index in [1.807, 2.05) is 0 Å². The lowest BCUT2D eigenvalue weighted by atomic mass is 10.0. The van der Waals surface area contributed by atoms with E-state index in [0.717, 1.165) is 17.6 Å². The fourth-order valence-electron chi connectivity index (χ4n) is 3.81. The Hall–Kier alpha value is -1.48. The van der Waals surface area contributed by atoms with Crippen LogP contribution in [0.2, 0.25) is 0 Å². The zero-order valence-corrected chi connectivity index (χ0v) is 17.2. The third kappa shape index (κ3) is 3.72. The summed E-state index contributed by atoms with van der Waals surface area (Å²) in [5.74, 6) is 0.933. The third-order valence-corrected chi connectivity index (χ3v) is 5.70. The molecule has 0 spiro atoms. The number of aryl methyl sites for hydroxylation is 3. The Balaban J connectivity index is 1.99. The molecule has 0 atom stereocenters. The van der Waals surface area contributed by atoms with Crippen molar-refractivity contribution in [3.05, 3.63) is 41.5 Å². The van der Waals surface area contributed by atoms with Crippen molar-refractivity contribution in [1.82, 2.24) is 4.57 Å². The van der Waals surface area contributed by atoms with Gasteiger partial charge in [0.25, 0.3) is 0 Å². The number of nitrogens with zero attached hydrogens (tertiary/aromatic N) is 1. The van der Waals surface area contributed by atoms with Crippen LogP contribution in [0.15, 0.2) is 30.3 Å². The van der Waals surface area contributed by atoms with E-state index in [4.69, 9.17) is 4.74 Å². The van der Waals surface area contributed by atoms with Crippen molar-refractivity contribution in [1.29, 1.82) is 0 Å². The van der Waals surface area contributed by atoms with Gasteiger partial charge in [0.2, 0.25) is 0 Å². The minimum atomic E-state index is 0.933. The molecule has 0 fully saturated rings. The molecule has 134 valence electrons. The van der Waals surface area contributed by atoms with Crippen LogP contribution in [0.3, 0.4) is 0 Å². The van der Waals surface area contributed by atoms with Crippen molar-refractivity contribution in [3.8, 4) is 5.75 Å². The lowest BCUT2D eigenvalue weighted by molar-refractivity contribution is 0.415. The first-order valence-electron chi connectivity index (χ1n) is 9.29. The number of alkyl halides is 1. The van der Waals surface area contributed by atoms with Crippen LogP contribution < -0.4 is 4.74 Å². The number of ether oxygens (including phenoxy) is 1. The van der Waals surface area contributed by atoms with Crippen LogP contribution in [0.1, 0.15) is 43.2 Å². The molecule has 0 bridgehead atoms. The summed E-state index contributed by atoms with van der Waals surface area (Å²) in [4.78, 5) is 0. The second-order valence-electron chi connectivity index (χ2n) is 6.91. The average Bonchev–Trinajstić information content (AvgIpc) is 2.96. The molecule has 2 nitrogen and oxygen atoms in total. The number of hydrogen-bond donors (Lipinski definition) is 0. The topological polar surface area (TPSA) is 14.2 Å². The van der Waals surface area contributed by atoms with E-state index in [9.17, 15) is 0 Å². The highest BCUT2D eigenvalue weighted by Gasteiger charge is 2.15. The normalized spacial score (nSPS) is 11.5. The summed E-state index contributed by atoms with van der Waals surface area (Å²) in [7, 11) is 1.74. The van der Waals surface area contributed by atoms with E-state index in [1.54, 1.807) is 7.11 Å². The molecule has 0 amide bonds. The van der Waals surface area contributed by atoms with Crippen LogP contribution >= 0.6 is 15.9 Å². The van der Waals surface area contributed by atoms with Gasteiger partial charge in [-0.05, 0) is 56.0 Å². The molecule has 0 saturated carbocycles. The van der Waals surface area contributed by atoms with E-state index in [0.29, 0.717) is 0 Å². The number of methoxy groups -OCH3 is 1. The van der Waals surface area contributed by atoms with Crippen molar-refractivity contribution in [2.45, 2.75) is 52.5 Å². The van der Waals surface area contributed by atoms with Crippen molar-refractivity contribution in [3.63, 3.8) is 0 Å². The van der Waals surface area contributed by atoms with Crippen LogP contribution in [0.25, 0.3) is 21.8 Å². The summed E-state index contributed by atoms with van der Waals surface area (Å²) in [6, 6.07) is 11.0. The van der Waals surface area contributed by atoms with E-state index >= 15 is 0 Å². The third-order valence-electron chi connectivity index (χ3n) is 5.14. The second-order valence-corrected chi connectivity index (χ2v) is 7.71. The van der Waals surface area contributed by atoms with Crippen LogP contribution in [-0.2, 0) is 6.54 Å². The Morgan fingerprint density at radius 2 is 1.64 bits per heavy atom. The molecule has 0 saturated heterocycles. The molecule has 0 unspecified atom stereocenters. The van der Waals surface area contributed by atoms with Gasteiger partial charge in [0.05, 0.1) is 12.6 Å². The predicted octanol–water partition coefficient (Wildman–Crippen LogP) is 6.77. The molecule has 25 heavy (non-hydrogen) atoms. The van der Waals surface area contributed by atoms with Crippen LogP contribution in [0.4, 0.5) is 0 Å². The van der Waals surface area contributed by atoms with Gasteiger partial charge in [-0.2, -0.15) is 0 Å². The highest BCUT2D eigenvalue weighted by Crippen LogP contribution is 2.35. The number of halogens is 1. The lowest BCUT2D eigenvalue weighted by Crippen LogP contribution is -1.99. The van der Waals surface area contributed by atoms with Crippen LogP contribution in [-0.4, -0.2) is 17.0 Å². The fourth-order valence-corrected chi connectivity index (χ4v) is 4.21. The quantitative estimate of drug-likeness (QED) is 0.300. The Morgan fingerprint density at radius 3 is 2.40 bits per heavy atom. The number of rotatable bonds is 8. The van der Waals surface area contributed by atoms with E-state index in [-0.39, 0.29) is 0 Å². The first kappa shape index (κ1) is 18.3. The molecule has 3 rings (SSSR count). The molecular formula is C22H28BrNO. The van der Waals surface area contributed by atoms with E-state index in [2.05, 4.69) is 64.7 Å². The van der Waals surface area contributed by atoms with Gasteiger partial charge in [-0.15, -0.1) is 0 Å². The monoisotopic (exact) mass is 401 g/mol. The summed E-state index contributed by atoms with van der Waals surface area (Å²) in [6.45, 7) is 5.53.